The maximum atomic E-state index is 13.6. The largest absolute Gasteiger partial charge is 0.233 e. The number of rotatable bonds is 3. The summed E-state index contributed by atoms with van der Waals surface area (Å²) in [5, 5.41) is 0. The first kappa shape index (κ1) is 12.2. The van der Waals surface area contributed by atoms with Crippen molar-refractivity contribution in [1.29, 1.82) is 0 Å². The monoisotopic (exact) mass is 294 g/mol. The van der Waals surface area contributed by atoms with Crippen LogP contribution in [0.25, 0.3) is 11.3 Å². The highest BCUT2D eigenvalue weighted by molar-refractivity contribution is 9.10. The zero-order valence-electron chi connectivity index (χ0n) is 9.45. The summed E-state index contributed by atoms with van der Waals surface area (Å²) in [5.74, 6) is 0.473. The number of halogens is 2. The molecule has 2 aromatic rings. The summed E-state index contributed by atoms with van der Waals surface area (Å²) in [6.07, 6.45) is 1.76. The van der Waals surface area contributed by atoms with Crippen molar-refractivity contribution < 1.29 is 4.39 Å². The molecule has 0 aliphatic carbocycles. The third-order valence-electron chi connectivity index (χ3n) is 2.36. The molecule has 17 heavy (non-hydrogen) atoms. The van der Waals surface area contributed by atoms with E-state index < -0.39 is 0 Å². The van der Waals surface area contributed by atoms with Crippen LogP contribution >= 0.6 is 15.9 Å². The fourth-order valence-corrected chi connectivity index (χ4v) is 2.03. The van der Waals surface area contributed by atoms with Crippen LogP contribution < -0.4 is 0 Å². The molecule has 0 spiro atoms. The van der Waals surface area contributed by atoms with Gasteiger partial charge in [0.25, 0.3) is 0 Å². The number of aryl methyl sites for hydroxylation is 1. The zero-order chi connectivity index (χ0) is 12.3. The van der Waals surface area contributed by atoms with E-state index in [2.05, 4.69) is 32.8 Å². The van der Waals surface area contributed by atoms with Gasteiger partial charge in [0, 0.05) is 12.0 Å². The molecule has 1 aromatic carbocycles. The first-order chi connectivity index (χ1) is 8.20. The predicted molar refractivity (Wildman–Crippen MR) is 69.1 cm³/mol. The van der Waals surface area contributed by atoms with E-state index in [9.17, 15) is 4.39 Å². The lowest BCUT2D eigenvalue weighted by Gasteiger charge is -2.05. The van der Waals surface area contributed by atoms with E-state index in [1.54, 1.807) is 24.3 Å². The van der Waals surface area contributed by atoms with Gasteiger partial charge in [-0.2, -0.15) is 0 Å². The molecule has 2 nitrogen and oxygen atoms in total. The Bertz CT molecular complexity index is 529. The lowest BCUT2D eigenvalue weighted by molar-refractivity contribution is 0.630. The summed E-state index contributed by atoms with van der Waals surface area (Å²) >= 11 is 3.33. The molecule has 4 heteroatoms. The second kappa shape index (κ2) is 5.36. The Kier molecular flexibility index (Phi) is 3.84. The molecule has 0 aliphatic rings. The van der Waals surface area contributed by atoms with Crippen LogP contribution in [0.5, 0.6) is 0 Å². The second-order valence-electron chi connectivity index (χ2n) is 3.72. The van der Waals surface area contributed by atoms with Gasteiger partial charge >= 0.3 is 0 Å². The van der Waals surface area contributed by atoms with Crippen molar-refractivity contribution in [2.45, 2.75) is 19.8 Å². The van der Waals surface area contributed by atoms with Gasteiger partial charge in [0.15, 0.2) is 0 Å². The van der Waals surface area contributed by atoms with Crippen LogP contribution in [0.3, 0.4) is 0 Å². The Balaban J connectivity index is 2.48. The summed E-state index contributed by atoms with van der Waals surface area (Å²) in [7, 11) is 0. The van der Waals surface area contributed by atoms with Gasteiger partial charge in [0.1, 0.15) is 16.2 Å². The van der Waals surface area contributed by atoms with Crippen molar-refractivity contribution in [2.75, 3.05) is 0 Å². The molecule has 88 valence electrons. The van der Waals surface area contributed by atoms with Crippen LogP contribution in [0.4, 0.5) is 4.39 Å². The maximum Gasteiger partial charge on any atom is 0.132 e. The van der Waals surface area contributed by atoms with Crippen molar-refractivity contribution in [2.24, 2.45) is 0 Å². The smallest absolute Gasteiger partial charge is 0.132 e. The van der Waals surface area contributed by atoms with Gasteiger partial charge in [0.2, 0.25) is 0 Å². The minimum absolute atomic E-state index is 0.263. The molecule has 0 saturated carbocycles. The number of aromatic nitrogens is 2. The number of hydrogen-bond donors (Lipinski definition) is 0. The number of nitrogens with zero attached hydrogens (tertiary/aromatic N) is 2. The van der Waals surface area contributed by atoms with E-state index in [-0.39, 0.29) is 5.82 Å². The third kappa shape index (κ3) is 2.88. The van der Waals surface area contributed by atoms with Gasteiger partial charge in [-0.15, -0.1) is 0 Å². The normalized spacial score (nSPS) is 10.5. The van der Waals surface area contributed by atoms with Crippen molar-refractivity contribution in [3.63, 3.8) is 0 Å². The fourth-order valence-electron chi connectivity index (χ4n) is 1.61. The van der Waals surface area contributed by atoms with E-state index in [1.165, 1.54) is 6.07 Å². The molecule has 2 rings (SSSR count). The summed E-state index contributed by atoms with van der Waals surface area (Å²) in [6, 6.07) is 8.36. The Morgan fingerprint density at radius 3 is 2.71 bits per heavy atom. The Morgan fingerprint density at radius 1 is 1.24 bits per heavy atom. The molecular weight excluding hydrogens is 283 g/mol. The minimum atomic E-state index is -0.263. The molecule has 0 fully saturated rings. The van der Waals surface area contributed by atoms with Gasteiger partial charge in [-0.05, 0) is 40.5 Å². The van der Waals surface area contributed by atoms with E-state index in [4.69, 9.17) is 0 Å². The fraction of sp³-hybridized carbons (Fsp3) is 0.231. The van der Waals surface area contributed by atoms with Crippen molar-refractivity contribution >= 4 is 15.9 Å². The standard InChI is InChI=1S/C13H12BrFN2/c1-2-5-13-16-11(8-12(14)17-13)9-6-3-4-7-10(9)15/h3-4,6-8H,2,5H2,1H3. The van der Waals surface area contributed by atoms with E-state index >= 15 is 0 Å². The summed E-state index contributed by atoms with van der Waals surface area (Å²) in [5.41, 5.74) is 1.13. The highest BCUT2D eigenvalue weighted by Gasteiger charge is 2.08. The minimum Gasteiger partial charge on any atom is -0.233 e. The summed E-state index contributed by atoms with van der Waals surface area (Å²) in [4.78, 5) is 8.64. The van der Waals surface area contributed by atoms with Crippen LogP contribution in [0, 0.1) is 5.82 Å². The van der Waals surface area contributed by atoms with Crippen LogP contribution in [0.1, 0.15) is 19.2 Å². The Hall–Kier alpha value is -1.29. The average Bonchev–Trinajstić information content (AvgIpc) is 2.29. The van der Waals surface area contributed by atoms with Gasteiger partial charge in [-0.3, -0.25) is 0 Å². The molecule has 0 atom stereocenters. The molecule has 1 heterocycles. The first-order valence-electron chi connectivity index (χ1n) is 5.49. The van der Waals surface area contributed by atoms with Crippen molar-refractivity contribution in [1.82, 2.24) is 9.97 Å². The maximum absolute atomic E-state index is 13.6. The molecule has 0 radical (unpaired) electrons. The third-order valence-corrected chi connectivity index (χ3v) is 2.77. The van der Waals surface area contributed by atoms with E-state index in [0.717, 1.165) is 18.7 Å². The lowest BCUT2D eigenvalue weighted by Crippen LogP contribution is -1.98. The van der Waals surface area contributed by atoms with Gasteiger partial charge < -0.3 is 0 Å². The SMILES string of the molecule is CCCc1nc(Br)cc(-c2ccccc2F)n1. The molecule has 0 aliphatic heterocycles. The molecule has 0 bridgehead atoms. The summed E-state index contributed by atoms with van der Waals surface area (Å²) in [6.45, 7) is 2.06. The van der Waals surface area contributed by atoms with Crippen LogP contribution in [0.2, 0.25) is 0 Å². The molecule has 0 saturated heterocycles. The van der Waals surface area contributed by atoms with Crippen molar-refractivity contribution in [3.8, 4) is 11.3 Å². The number of hydrogen-bond acceptors (Lipinski definition) is 2. The second-order valence-corrected chi connectivity index (χ2v) is 4.53. The first-order valence-corrected chi connectivity index (χ1v) is 6.28. The molecule has 1 aromatic heterocycles. The topological polar surface area (TPSA) is 25.8 Å². The van der Waals surface area contributed by atoms with Crippen LogP contribution in [-0.4, -0.2) is 9.97 Å². The number of benzene rings is 1. The molecule has 0 unspecified atom stereocenters. The quantitative estimate of drug-likeness (QED) is 0.800. The van der Waals surface area contributed by atoms with Gasteiger partial charge in [-0.25, -0.2) is 14.4 Å². The summed E-state index contributed by atoms with van der Waals surface area (Å²) < 4.78 is 14.3. The molecule has 0 N–H and O–H groups in total. The van der Waals surface area contributed by atoms with E-state index in [0.29, 0.717) is 15.9 Å². The predicted octanol–water partition coefficient (Wildman–Crippen LogP) is 4.00. The average molecular weight is 295 g/mol. The molecule has 0 amide bonds. The van der Waals surface area contributed by atoms with Crippen LogP contribution in [0.15, 0.2) is 34.9 Å². The van der Waals surface area contributed by atoms with Crippen molar-refractivity contribution in [3.05, 3.63) is 46.6 Å². The zero-order valence-corrected chi connectivity index (χ0v) is 11.0. The Morgan fingerprint density at radius 2 is 2.00 bits per heavy atom. The Labute approximate surface area is 108 Å². The van der Waals surface area contributed by atoms with Gasteiger partial charge in [-0.1, -0.05) is 19.1 Å². The highest BCUT2D eigenvalue weighted by Crippen LogP contribution is 2.23. The van der Waals surface area contributed by atoms with Gasteiger partial charge in [0.05, 0.1) is 5.69 Å². The van der Waals surface area contributed by atoms with E-state index in [1.807, 2.05) is 0 Å². The molecular formula is C13H12BrFN2. The van der Waals surface area contributed by atoms with Crippen LogP contribution in [-0.2, 0) is 6.42 Å². The lowest BCUT2D eigenvalue weighted by atomic mass is 10.1. The highest BCUT2D eigenvalue weighted by atomic mass is 79.9.